The average Bonchev–Trinajstić information content (AvgIpc) is 2.75. The second kappa shape index (κ2) is 37.1. The SMILES string of the molecule is CC[C@H](CO)[C@H](NC(=O)[C@H](NC(=O)[C@@H](CCC(N)=O)NC(=O)[C@H](CO)NC(=O)[C@@H](NC(=O)[C@@H](Cc1ccccc1)NC)[C@@H](C)CC)[C@@H](C)CC)C(=O)N[C@@H](CO)C(=O)N[C@H]1C(=O)N[C@@H](C)C(=O)N[C@@H](C[C@H]2CN=C(N)N2)C(=O)N[C@@H]([C@@H](C)CC)C(=O)O[C@H]1C. The van der Waals surface area contributed by atoms with Crippen LogP contribution in [-0.4, -0.2) is 204 Å². The maximum Gasteiger partial charge on any atom is 0.329 e. The molecule has 1 saturated heterocycles. The number of carbonyl (C=O) groups is 12. The molecule has 0 saturated carbocycles. The third kappa shape index (κ3) is 22.8. The van der Waals surface area contributed by atoms with Crippen molar-refractivity contribution >= 4 is 76.9 Å². The van der Waals surface area contributed by atoms with Gasteiger partial charge in [0.05, 0.1) is 31.8 Å². The van der Waals surface area contributed by atoms with Gasteiger partial charge in [-0.25, -0.2) is 4.79 Å². The highest BCUT2D eigenvalue weighted by Gasteiger charge is 2.42. The second-order valence-corrected chi connectivity index (χ2v) is 22.8. The normalized spacial score (nSPS) is 22.6. The van der Waals surface area contributed by atoms with E-state index in [1.807, 2.05) is 30.3 Å². The molecule has 17 atom stereocenters. The summed E-state index contributed by atoms with van der Waals surface area (Å²) in [7, 11) is 1.59. The number of nitrogens with one attached hydrogen (secondary N) is 12. The van der Waals surface area contributed by atoms with Gasteiger partial charge < -0.3 is 95.3 Å². The number of aliphatic imine (C=N–C) groups is 1. The minimum atomic E-state index is -1.91. The van der Waals surface area contributed by atoms with E-state index in [0.29, 0.717) is 12.8 Å². The summed E-state index contributed by atoms with van der Waals surface area (Å²) in [6.45, 7) is 11.6. The van der Waals surface area contributed by atoms with Crippen molar-refractivity contribution in [2.24, 2.45) is 40.1 Å². The van der Waals surface area contributed by atoms with E-state index in [2.05, 4.69) is 68.8 Å². The Morgan fingerprint density at radius 2 is 1.16 bits per heavy atom. The first-order valence-corrected chi connectivity index (χ1v) is 30.2. The lowest BCUT2D eigenvalue weighted by Crippen LogP contribution is -2.63. The summed E-state index contributed by atoms with van der Waals surface area (Å²) in [4.78, 5) is 170. The van der Waals surface area contributed by atoms with Crippen LogP contribution >= 0.6 is 0 Å². The standard InChI is InChI=1S/C58H95N15O16/c1-11-28(5)42(70-49(80)37(61-10)22-33-18-16-15-17-19-33)53(84)67-39(26-75)51(82)65-36(20-21-41(59)77)48(79)69-43(29(6)12-2)54(85)73-46(34(14-4)25-74)56(87)68-40(27-76)52(83)72-45-32(9)89-57(88)44(30(7)13-3)71-50(81)38(23-35-24-62-58(60)64-35)66-47(78)31(8)63-55(45)86/h15-19,28-32,34-40,42-46,61,74-76H,11-14,20-27H2,1-10H3,(H2,59,77)(H,63,86)(H,65,82)(H,66,78)(H,67,84)(H,68,87)(H,69,79)(H,70,80)(H,71,81)(H,72,83)(H,73,85)(H3,60,62,64)/t28-,29-,30-,31-,32-,34+,35-,36+,37+,38-,39-,40-,42-,43+,44-,45+,46-/m0/s1. The van der Waals surface area contributed by atoms with E-state index in [-0.39, 0.29) is 38.2 Å². The molecule has 31 nitrogen and oxygen atoms in total. The first-order valence-electron chi connectivity index (χ1n) is 30.2. The van der Waals surface area contributed by atoms with Gasteiger partial charge in [0, 0.05) is 18.9 Å². The van der Waals surface area contributed by atoms with Crippen LogP contribution in [0.2, 0.25) is 0 Å². The average molecular weight is 1260 g/mol. The number of cyclic esters (lactones) is 1. The minimum absolute atomic E-state index is 0.0240. The van der Waals surface area contributed by atoms with Crippen molar-refractivity contribution in [2.75, 3.05) is 33.4 Å². The molecule has 0 radical (unpaired) electrons. The van der Waals surface area contributed by atoms with E-state index >= 15 is 0 Å². The van der Waals surface area contributed by atoms with Gasteiger partial charge in [-0.15, -0.1) is 0 Å². The summed E-state index contributed by atoms with van der Waals surface area (Å²) < 4.78 is 5.71. The largest absolute Gasteiger partial charge is 0.458 e. The highest BCUT2D eigenvalue weighted by atomic mass is 16.5. The molecule has 0 unspecified atom stereocenters. The van der Waals surface area contributed by atoms with Gasteiger partial charge >= 0.3 is 5.97 Å². The molecule has 1 aromatic carbocycles. The minimum Gasteiger partial charge on any atom is -0.458 e. The van der Waals surface area contributed by atoms with Crippen molar-refractivity contribution in [3.8, 4) is 0 Å². The molecule has 2 aliphatic heterocycles. The van der Waals surface area contributed by atoms with Crippen LogP contribution in [-0.2, 0) is 68.7 Å². The molecule has 11 amide bonds. The number of amides is 11. The predicted molar refractivity (Wildman–Crippen MR) is 323 cm³/mol. The summed E-state index contributed by atoms with van der Waals surface area (Å²) in [6, 6.07) is -7.49. The molecule has 498 valence electrons. The summed E-state index contributed by atoms with van der Waals surface area (Å²) >= 11 is 0. The molecule has 2 heterocycles. The van der Waals surface area contributed by atoms with E-state index in [0.717, 1.165) is 5.56 Å². The smallest absolute Gasteiger partial charge is 0.329 e. The molecule has 2 aliphatic rings. The van der Waals surface area contributed by atoms with Crippen LogP contribution in [0.3, 0.4) is 0 Å². The van der Waals surface area contributed by atoms with Crippen LogP contribution in [0.1, 0.15) is 113 Å². The molecule has 31 heteroatoms. The Balaban J connectivity index is 1.87. The monoisotopic (exact) mass is 1260 g/mol. The second-order valence-electron chi connectivity index (χ2n) is 22.8. The Labute approximate surface area is 518 Å². The third-order valence-electron chi connectivity index (χ3n) is 16.1. The maximum absolute atomic E-state index is 14.4. The number of esters is 1. The van der Waals surface area contributed by atoms with Crippen LogP contribution in [0.4, 0.5) is 0 Å². The van der Waals surface area contributed by atoms with Crippen molar-refractivity contribution in [2.45, 2.75) is 192 Å². The number of hydrogen-bond donors (Lipinski definition) is 17. The molecule has 0 bridgehead atoms. The van der Waals surface area contributed by atoms with Gasteiger partial charge in [0.15, 0.2) is 5.96 Å². The zero-order chi connectivity index (χ0) is 66.8. The topological polar surface area (TPSA) is 484 Å². The van der Waals surface area contributed by atoms with Crippen LogP contribution in [0, 0.1) is 23.7 Å². The number of aliphatic hydroxyl groups is 3. The fourth-order valence-corrected chi connectivity index (χ4v) is 9.66. The van der Waals surface area contributed by atoms with Crippen molar-refractivity contribution < 1.29 is 77.6 Å². The molecule has 1 aromatic rings. The molecular formula is C58H95N15O16. The molecule has 19 N–H and O–H groups in total. The Kier molecular flexibility index (Phi) is 31.3. The van der Waals surface area contributed by atoms with Gasteiger partial charge in [-0.3, -0.25) is 57.7 Å². The maximum atomic E-state index is 14.4. The quantitative estimate of drug-likeness (QED) is 0.0292. The molecule has 0 aliphatic carbocycles. The van der Waals surface area contributed by atoms with E-state index in [4.69, 9.17) is 16.2 Å². The highest BCUT2D eigenvalue weighted by Crippen LogP contribution is 2.18. The van der Waals surface area contributed by atoms with Gasteiger partial charge in [-0.1, -0.05) is 98.1 Å². The lowest BCUT2D eigenvalue weighted by molar-refractivity contribution is -0.157. The number of ether oxygens (including phenoxy) is 1. The number of rotatable bonds is 33. The lowest BCUT2D eigenvalue weighted by atomic mass is 9.93. The van der Waals surface area contributed by atoms with Crippen LogP contribution in [0.15, 0.2) is 35.3 Å². The van der Waals surface area contributed by atoms with Crippen LogP contribution in [0.25, 0.3) is 0 Å². The first-order chi connectivity index (χ1) is 42.1. The van der Waals surface area contributed by atoms with Crippen molar-refractivity contribution in [3.63, 3.8) is 0 Å². The van der Waals surface area contributed by atoms with E-state index in [1.54, 1.807) is 55.5 Å². The summed E-state index contributed by atoms with van der Waals surface area (Å²) in [6.07, 6.45) is -1.17. The Bertz CT molecular complexity index is 2630. The summed E-state index contributed by atoms with van der Waals surface area (Å²) in [5.41, 5.74) is 12.1. The number of nitrogens with zero attached hydrogens (tertiary/aromatic N) is 1. The van der Waals surface area contributed by atoms with Crippen LogP contribution in [0.5, 0.6) is 0 Å². The number of nitrogens with two attached hydrogens (primary N) is 2. The van der Waals surface area contributed by atoms with Gasteiger partial charge in [0.1, 0.15) is 66.5 Å². The Morgan fingerprint density at radius 3 is 1.66 bits per heavy atom. The molecule has 1 fully saturated rings. The molecule has 89 heavy (non-hydrogen) atoms. The number of benzene rings is 1. The van der Waals surface area contributed by atoms with Crippen molar-refractivity contribution in [1.82, 2.24) is 63.8 Å². The number of aliphatic hydroxyl groups excluding tert-OH is 3. The van der Waals surface area contributed by atoms with Crippen LogP contribution < -0.4 is 75.3 Å². The number of carbonyl (C=O) groups excluding carboxylic acids is 12. The van der Waals surface area contributed by atoms with Gasteiger partial charge in [-0.05, 0) is 69.9 Å². The molecule has 3 rings (SSSR count). The molecular weight excluding hydrogens is 1160 g/mol. The number of guanidine groups is 1. The first kappa shape index (κ1) is 75.2. The molecule has 0 aromatic heterocycles. The predicted octanol–water partition coefficient (Wildman–Crippen LogP) is -5.29. The van der Waals surface area contributed by atoms with E-state index in [1.165, 1.54) is 13.8 Å². The Hall–Kier alpha value is -8.03. The number of likely N-dealkylation sites (N-methyl/N-ethyl adjacent to an activating group) is 1. The molecule has 0 spiro atoms. The third-order valence-corrected chi connectivity index (χ3v) is 16.1. The fourth-order valence-electron chi connectivity index (χ4n) is 9.66. The fraction of sp³-hybridized carbons (Fsp3) is 0.672. The Morgan fingerprint density at radius 1 is 0.629 bits per heavy atom. The lowest BCUT2D eigenvalue weighted by Gasteiger charge is -2.32. The zero-order valence-electron chi connectivity index (χ0n) is 52.4. The number of hydrogen-bond acceptors (Lipinski definition) is 20. The van der Waals surface area contributed by atoms with Gasteiger partial charge in [0.2, 0.25) is 65.0 Å². The highest BCUT2D eigenvalue weighted by molar-refractivity contribution is 6.00. The summed E-state index contributed by atoms with van der Waals surface area (Å²) in [5.74, 6) is -14.1. The van der Waals surface area contributed by atoms with Gasteiger partial charge in [-0.2, -0.15) is 0 Å². The van der Waals surface area contributed by atoms with Gasteiger partial charge in [0.25, 0.3) is 0 Å². The van der Waals surface area contributed by atoms with E-state index < -0.39 is 206 Å². The van der Waals surface area contributed by atoms with E-state index in [9.17, 15) is 72.9 Å². The number of primary amides is 1. The zero-order valence-corrected chi connectivity index (χ0v) is 52.4. The van der Waals surface area contributed by atoms with Crippen molar-refractivity contribution in [1.29, 1.82) is 0 Å². The van der Waals surface area contributed by atoms with Crippen molar-refractivity contribution in [3.05, 3.63) is 35.9 Å². The summed E-state index contributed by atoms with van der Waals surface area (Å²) in [5, 5.41) is 62.4.